The van der Waals surface area contributed by atoms with Gasteiger partial charge in [-0.15, -0.1) is 0 Å². The summed E-state index contributed by atoms with van der Waals surface area (Å²) in [5.41, 5.74) is 1.74. The molecule has 2 heterocycles. The minimum atomic E-state index is -0.0222. The van der Waals surface area contributed by atoms with Crippen LogP contribution in [-0.4, -0.2) is 29.8 Å². The van der Waals surface area contributed by atoms with E-state index in [1.165, 1.54) is 0 Å². The van der Waals surface area contributed by atoms with Gasteiger partial charge >= 0.3 is 0 Å². The van der Waals surface area contributed by atoms with Gasteiger partial charge in [0, 0.05) is 30.0 Å². The molecule has 1 saturated carbocycles. The van der Waals surface area contributed by atoms with Crippen molar-refractivity contribution < 1.29 is 14.0 Å². The van der Waals surface area contributed by atoms with Crippen LogP contribution in [0.5, 0.6) is 0 Å². The summed E-state index contributed by atoms with van der Waals surface area (Å²) in [6.45, 7) is 3.79. The molecule has 2 atom stereocenters. The molecule has 5 heteroatoms. The lowest BCUT2D eigenvalue weighted by molar-refractivity contribution is -0.123. The predicted octanol–water partition coefficient (Wildman–Crippen LogP) is 2.76. The number of aryl methyl sites for hydroxylation is 1. The van der Waals surface area contributed by atoms with Gasteiger partial charge in [0.15, 0.2) is 0 Å². The molecule has 1 aliphatic heterocycles. The van der Waals surface area contributed by atoms with E-state index in [1.54, 1.807) is 6.26 Å². The first-order chi connectivity index (χ1) is 12.1. The van der Waals surface area contributed by atoms with E-state index in [4.69, 9.17) is 4.42 Å². The van der Waals surface area contributed by atoms with Crippen LogP contribution in [0.1, 0.15) is 34.5 Å². The minimum absolute atomic E-state index is 0.0112. The summed E-state index contributed by atoms with van der Waals surface area (Å²) < 4.78 is 5.24. The fraction of sp³-hybridized carbons (Fsp3) is 0.400. The number of carbonyl (C=O) groups excluding carboxylic acids is 2. The summed E-state index contributed by atoms with van der Waals surface area (Å²) in [4.78, 5) is 27.1. The fourth-order valence-electron chi connectivity index (χ4n) is 3.93. The Morgan fingerprint density at radius 1 is 1.28 bits per heavy atom. The molecule has 1 spiro atoms. The predicted molar refractivity (Wildman–Crippen MR) is 92.8 cm³/mol. The van der Waals surface area contributed by atoms with Crippen LogP contribution >= 0.6 is 0 Å². The van der Waals surface area contributed by atoms with E-state index in [0.29, 0.717) is 13.1 Å². The Bertz CT molecular complexity index is 799. The third-order valence-corrected chi connectivity index (χ3v) is 5.57. The Morgan fingerprint density at radius 2 is 2.12 bits per heavy atom. The topological polar surface area (TPSA) is 62.6 Å². The molecular weight excluding hydrogens is 316 g/mol. The standard InChI is InChI=1S/C20H22N2O3/c1-14-5-2-3-7-16(14)19(24)22-9-8-20(13-22)11-17(20)18(23)21-12-15-6-4-10-25-15/h2-7,10,17H,8-9,11-13H2,1H3,(H,21,23). The normalized spacial score (nSPS) is 24.5. The third-order valence-electron chi connectivity index (χ3n) is 5.57. The number of nitrogens with zero attached hydrogens (tertiary/aromatic N) is 1. The van der Waals surface area contributed by atoms with Crippen molar-refractivity contribution in [2.45, 2.75) is 26.3 Å². The van der Waals surface area contributed by atoms with E-state index >= 15 is 0 Å². The fourth-order valence-corrected chi connectivity index (χ4v) is 3.93. The zero-order valence-electron chi connectivity index (χ0n) is 14.3. The average molecular weight is 338 g/mol. The first kappa shape index (κ1) is 15.9. The highest BCUT2D eigenvalue weighted by Gasteiger charge is 2.61. The number of hydrogen-bond acceptors (Lipinski definition) is 3. The summed E-state index contributed by atoms with van der Waals surface area (Å²) in [6.07, 6.45) is 3.38. The van der Waals surface area contributed by atoms with Crippen molar-refractivity contribution in [3.8, 4) is 0 Å². The average Bonchev–Trinajstić information content (AvgIpc) is 2.96. The number of nitrogens with one attached hydrogen (secondary N) is 1. The molecule has 25 heavy (non-hydrogen) atoms. The first-order valence-electron chi connectivity index (χ1n) is 8.74. The zero-order valence-corrected chi connectivity index (χ0v) is 14.3. The van der Waals surface area contributed by atoms with E-state index in [9.17, 15) is 9.59 Å². The second kappa shape index (κ2) is 6.06. The molecule has 0 radical (unpaired) electrons. The number of amides is 2. The summed E-state index contributed by atoms with van der Waals surface area (Å²) >= 11 is 0. The lowest BCUT2D eigenvalue weighted by Crippen LogP contribution is -2.31. The number of carbonyl (C=O) groups is 2. The maximum atomic E-state index is 12.8. The molecule has 1 aliphatic carbocycles. The molecule has 2 amide bonds. The van der Waals surface area contributed by atoms with Gasteiger partial charge in [0.1, 0.15) is 5.76 Å². The smallest absolute Gasteiger partial charge is 0.254 e. The van der Waals surface area contributed by atoms with Crippen molar-refractivity contribution in [2.24, 2.45) is 11.3 Å². The summed E-state index contributed by atoms with van der Waals surface area (Å²) in [6, 6.07) is 11.3. The van der Waals surface area contributed by atoms with Crippen molar-refractivity contribution in [3.63, 3.8) is 0 Å². The van der Waals surface area contributed by atoms with Gasteiger partial charge in [-0.2, -0.15) is 0 Å². The van der Waals surface area contributed by atoms with Crippen LogP contribution in [0.3, 0.4) is 0 Å². The SMILES string of the molecule is Cc1ccccc1C(=O)N1CCC2(CC2C(=O)NCc2ccco2)C1. The molecule has 1 saturated heterocycles. The van der Waals surface area contributed by atoms with E-state index in [1.807, 2.05) is 48.2 Å². The number of likely N-dealkylation sites (tertiary alicyclic amines) is 1. The Labute approximate surface area is 147 Å². The molecule has 1 N–H and O–H groups in total. The lowest BCUT2D eigenvalue weighted by Gasteiger charge is -2.18. The molecule has 2 fully saturated rings. The van der Waals surface area contributed by atoms with Crippen molar-refractivity contribution >= 4 is 11.8 Å². The molecule has 0 bridgehead atoms. The van der Waals surface area contributed by atoms with Crippen LogP contribution in [0.15, 0.2) is 47.1 Å². The number of benzene rings is 1. The quantitative estimate of drug-likeness (QED) is 0.932. The maximum Gasteiger partial charge on any atom is 0.254 e. The Morgan fingerprint density at radius 3 is 2.88 bits per heavy atom. The number of furan rings is 1. The second-order valence-electron chi connectivity index (χ2n) is 7.21. The van der Waals surface area contributed by atoms with Crippen LogP contribution in [0.4, 0.5) is 0 Å². The molecule has 130 valence electrons. The Hall–Kier alpha value is -2.56. The van der Waals surface area contributed by atoms with Crippen molar-refractivity contribution in [3.05, 3.63) is 59.5 Å². The molecule has 2 aliphatic rings. The lowest BCUT2D eigenvalue weighted by atomic mass is 10.0. The Balaban J connectivity index is 1.36. The van der Waals surface area contributed by atoms with Gasteiger partial charge in [-0.3, -0.25) is 9.59 Å². The van der Waals surface area contributed by atoms with E-state index in [-0.39, 0.29) is 23.1 Å². The molecule has 5 nitrogen and oxygen atoms in total. The van der Waals surface area contributed by atoms with Gasteiger partial charge < -0.3 is 14.6 Å². The summed E-state index contributed by atoms with van der Waals surface area (Å²) in [5, 5.41) is 2.95. The van der Waals surface area contributed by atoms with E-state index < -0.39 is 0 Å². The highest BCUT2D eigenvalue weighted by Crippen LogP contribution is 2.58. The zero-order chi connectivity index (χ0) is 17.4. The van der Waals surface area contributed by atoms with Gasteiger partial charge in [0.2, 0.25) is 5.91 Å². The largest absolute Gasteiger partial charge is 0.467 e. The van der Waals surface area contributed by atoms with Gasteiger partial charge in [0.25, 0.3) is 5.91 Å². The van der Waals surface area contributed by atoms with Gasteiger partial charge in [-0.1, -0.05) is 18.2 Å². The van der Waals surface area contributed by atoms with Crippen LogP contribution in [0, 0.1) is 18.3 Å². The van der Waals surface area contributed by atoms with Gasteiger partial charge in [-0.25, -0.2) is 0 Å². The van der Waals surface area contributed by atoms with Crippen molar-refractivity contribution in [1.82, 2.24) is 10.2 Å². The van der Waals surface area contributed by atoms with Crippen LogP contribution in [-0.2, 0) is 11.3 Å². The number of hydrogen-bond donors (Lipinski definition) is 1. The second-order valence-corrected chi connectivity index (χ2v) is 7.21. The first-order valence-corrected chi connectivity index (χ1v) is 8.74. The van der Waals surface area contributed by atoms with E-state index in [2.05, 4.69) is 5.32 Å². The molecule has 4 rings (SSSR count). The highest BCUT2D eigenvalue weighted by atomic mass is 16.3. The summed E-state index contributed by atoms with van der Waals surface area (Å²) in [5.74, 6) is 0.918. The van der Waals surface area contributed by atoms with Crippen LogP contribution in [0.25, 0.3) is 0 Å². The van der Waals surface area contributed by atoms with Crippen molar-refractivity contribution in [1.29, 1.82) is 0 Å². The van der Waals surface area contributed by atoms with Crippen molar-refractivity contribution in [2.75, 3.05) is 13.1 Å². The molecule has 2 aromatic rings. The van der Waals surface area contributed by atoms with Crippen LogP contribution < -0.4 is 5.32 Å². The molecular formula is C20H22N2O3. The maximum absolute atomic E-state index is 12.8. The molecule has 1 aromatic heterocycles. The summed E-state index contributed by atoms with van der Waals surface area (Å²) in [7, 11) is 0. The van der Waals surface area contributed by atoms with Gasteiger partial charge in [-0.05, 0) is 43.5 Å². The minimum Gasteiger partial charge on any atom is -0.467 e. The highest BCUT2D eigenvalue weighted by molar-refractivity contribution is 5.96. The van der Waals surface area contributed by atoms with E-state index in [0.717, 1.165) is 36.3 Å². The third kappa shape index (κ3) is 2.95. The van der Waals surface area contributed by atoms with Crippen LogP contribution in [0.2, 0.25) is 0 Å². The Kier molecular flexibility index (Phi) is 3.86. The molecule has 2 unspecified atom stereocenters. The van der Waals surface area contributed by atoms with Gasteiger partial charge in [0.05, 0.1) is 12.8 Å². The number of rotatable bonds is 4. The monoisotopic (exact) mass is 338 g/mol. The molecule has 1 aromatic carbocycles.